The Morgan fingerprint density at radius 3 is 2.83 bits per heavy atom. The molecule has 0 atom stereocenters. The number of aromatic nitrogens is 2. The minimum Gasteiger partial charge on any atom is -0.465 e. The Morgan fingerprint density at radius 1 is 1.39 bits per heavy atom. The molecule has 0 aliphatic carbocycles. The van der Waals surface area contributed by atoms with Crippen molar-refractivity contribution >= 4 is 29.0 Å². The summed E-state index contributed by atoms with van der Waals surface area (Å²) in [7, 11) is 3.03. The smallest absolute Gasteiger partial charge is 0.348 e. The fourth-order valence-electron chi connectivity index (χ4n) is 1.86. The minimum absolute atomic E-state index is 0.244. The minimum atomic E-state index is -0.408. The maximum Gasteiger partial charge on any atom is 0.348 e. The SMILES string of the molecule is COC(=O)c1cc(NC(=O)N(C)CCc2cnccn2)c(C)s1. The fraction of sp³-hybridized carbons (Fsp3) is 0.333. The maximum atomic E-state index is 12.2. The highest BCUT2D eigenvalue weighted by Crippen LogP contribution is 2.27. The first-order valence-electron chi connectivity index (χ1n) is 6.97. The van der Waals surface area contributed by atoms with Gasteiger partial charge in [-0.05, 0) is 13.0 Å². The van der Waals surface area contributed by atoms with Crippen LogP contribution in [0, 0.1) is 6.92 Å². The molecule has 0 aliphatic rings. The number of amides is 2. The van der Waals surface area contributed by atoms with E-state index < -0.39 is 5.97 Å². The van der Waals surface area contributed by atoms with Gasteiger partial charge in [-0.25, -0.2) is 9.59 Å². The molecule has 122 valence electrons. The van der Waals surface area contributed by atoms with Crippen molar-refractivity contribution in [3.05, 3.63) is 40.1 Å². The summed E-state index contributed by atoms with van der Waals surface area (Å²) in [5, 5.41) is 2.80. The molecule has 2 amide bonds. The van der Waals surface area contributed by atoms with Crippen LogP contribution in [-0.4, -0.2) is 47.6 Å². The Labute approximate surface area is 138 Å². The number of nitrogens with one attached hydrogen (secondary N) is 1. The molecule has 0 fully saturated rings. The molecule has 0 bridgehead atoms. The van der Waals surface area contributed by atoms with Gasteiger partial charge in [0.15, 0.2) is 0 Å². The number of carbonyl (C=O) groups excluding carboxylic acids is 2. The van der Waals surface area contributed by atoms with Crippen LogP contribution >= 0.6 is 11.3 Å². The molecular weight excluding hydrogens is 316 g/mol. The zero-order valence-corrected chi connectivity index (χ0v) is 14.0. The molecule has 0 aliphatic heterocycles. The number of anilines is 1. The topological polar surface area (TPSA) is 84.4 Å². The Morgan fingerprint density at radius 2 is 2.17 bits per heavy atom. The summed E-state index contributed by atoms with van der Waals surface area (Å²) >= 11 is 1.28. The fourth-order valence-corrected chi connectivity index (χ4v) is 2.75. The van der Waals surface area contributed by atoms with Crippen molar-refractivity contribution in [2.24, 2.45) is 0 Å². The zero-order valence-electron chi connectivity index (χ0n) is 13.2. The number of ether oxygens (including phenoxy) is 1. The molecular formula is C15H18N4O3S. The van der Waals surface area contributed by atoms with Crippen molar-refractivity contribution in [3.63, 3.8) is 0 Å². The quantitative estimate of drug-likeness (QED) is 0.849. The molecule has 7 nitrogen and oxygen atoms in total. The van der Waals surface area contributed by atoms with Crippen LogP contribution in [0.1, 0.15) is 20.2 Å². The van der Waals surface area contributed by atoms with Crippen LogP contribution in [0.25, 0.3) is 0 Å². The Bertz CT molecular complexity index is 687. The number of urea groups is 1. The van der Waals surface area contributed by atoms with Crippen LogP contribution in [0.2, 0.25) is 0 Å². The molecule has 23 heavy (non-hydrogen) atoms. The average molecular weight is 334 g/mol. The first-order valence-corrected chi connectivity index (χ1v) is 7.78. The van der Waals surface area contributed by atoms with E-state index in [-0.39, 0.29) is 6.03 Å². The van der Waals surface area contributed by atoms with E-state index in [0.29, 0.717) is 23.5 Å². The molecule has 0 aromatic carbocycles. The number of nitrogens with zero attached hydrogens (tertiary/aromatic N) is 3. The second kappa shape index (κ2) is 7.68. The van der Waals surface area contributed by atoms with Gasteiger partial charge in [-0.3, -0.25) is 9.97 Å². The normalized spacial score (nSPS) is 10.2. The van der Waals surface area contributed by atoms with Gasteiger partial charge in [0.2, 0.25) is 0 Å². The monoisotopic (exact) mass is 334 g/mol. The summed E-state index contributed by atoms with van der Waals surface area (Å²) in [5.74, 6) is -0.408. The van der Waals surface area contributed by atoms with Crippen molar-refractivity contribution in [2.45, 2.75) is 13.3 Å². The molecule has 2 aromatic heterocycles. The third-order valence-electron chi connectivity index (χ3n) is 3.21. The Hall–Kier alpha value is -2.48. The number of aryl methyl sites for hydroxylation is 1. The summed E-state index contributed by atoms with van der Waals surface area (Å²) in [4.78, 5) is 34.7. The van der Waals surface area contributed by atoms with Crippen LogP contribution in [0.3, 0.4) is 0 Å². The van der Waals surface area contributed by atoms with Crippen molar-refractivity contribution in [2.75, 3.05) is 26.0 Å². The van der Waals surface area contributed by atoms with Gasteiger partial charge >= 0.3 is 12.0 Å². The second-order valence-corrected chi connectivity index (χ2v) is 6.13. The van der Waals surface area contributed by atoms with Crippen LogP contribution in [0.5, 0.6) is 0 Å². The zero-order chi connectivity index (χ0) is 16.8. The number of likely N-dealkylation sites (N-methyl/N-ethyl adjacent to an activating group) is 1. The molecule has 2 rings (SSSR count). The van der Waals surface area contributed by atoms with E-state index in [1.807, 2.05) is 6.92 Å². The van der Waals surface area contributed by atoms with Crippen LogP contribution < -0.4 is 5.32 Å². The van der Waals surface area contributed by atoms with Gasteiger partial charge in [0.05, 0.1) is 18.5 Å². The van der Waals surface area contributed by atoms with Gasteiger partial charge in [-0.1, -0.05) is 0 Å². The second-order valence-electron chi connectivity index (χ2n) is 4.87. The van der Waals surface area contributed by atoms with Gasteiger partial charge in [0.25, 0.3) is 0 Å². The lowest BCUT2D eigenvalue weighted by Gasteiger charge is -2.17. The van der Waals surface area contributed by atoms with E-state index in [4.69, 9.17) is 0 Å². The summed E-state index contributed by atoms with van der Waals surface area (Å²) in [6.45, 7) is 2.35. The predicted octanol–water partition coefficient (Wildman–Crippen LogP) is 2.34. The third-order valence-corrected chi connectivity index (χ3v) is 4.24. The van der Waals surface area contributed by atoms with Crippen molar-refractivity contribution < 1.29 is 14.3 Å². The molecule has 8 heteroatoms. The highest BCUT2D eigenvalue weighted by atomic mass is 32.1. The van der Waals surface area contributed by atoms with E-state index in [1.165, 1.54) is 18.4 Å². The lowest BCUT2D eigenvalue weighted by Crippen LogP contribution is -2.33. The molecule has 0 radical (unpaired) electrons. The van der Waals surface area contributed by atoms with E-state index in [9.17, 15) is 9.59 Å². The van der Waals surface area contributed by atoms with E-state index in [0.717, 1.165) is 10.6 Å². The van der Waals surface area contributed by atoms with E-state index >= 15 is 0 Å². The Kier molecular flexibility index (Phi) is 5.64. The standard InChI is InChI=1S/C15H18N4O3S/c1-10-12(8-13(23-10)14(20)22-3)18-15(21)19(2)7-4-11-9-16-5-6-17-11/h5-6,8-9H,4,7H2,1-3H3,(H,18,21). The van der Waals surface area contributed by atoms with Gasteiger partial charge in [0.1, 0.15) is 4.88 Å². The van der Waals surface area contributed by atoms with Crippen LogP contribution in [0.4, 0.5) is 10.5 Å². The summed E-state index contributed by atoms with van der Waals surface area (Å²) in [6.07, 6.45) is 5.53. The summed E-state index contributed by atoms with van der Waals surface area (Å²) in [5.41, 5.74) is 1.44. The van der Waals surface area contributed by atoms with Gasteiger partial charge in [0, 0.05) is 43.5 Å². The number of methoxy groups -OCH3 is 1. The number of hydrogen-bond acceptors (Lipinski definition) is 6. The highest BCUT2D eigenvalue weighted by molar-refractivity contribution is 7.14. The molecule has 0 saturated heterocycles. The molecule has 0 saturated carbocycles. The first kappa shape index (κ1) is 16.9. The molecule has 0 unspecified atom stereocenters. The van der Waals surface area contributed by atoms with E-state index in [1.54, 1.807) is 36.6 Å². The lowest BCUT2D eigenvalue weighted by molar-refractivity contribution is 0.0606. The van der Waals surface area contributed by atoms with Gasteiger partial charge in [-0.15, -0.1) is 11.3 Å². The van der Waals surface area contributed by atoms with E-state index in [2.05, 4.69) is 20.0 Å². The molecule has 0 spiro atoms. The number of esters is 1. The van der Waals surface area contributed by atoms with Crippen LogP contribution in [0.15, 0.2) is 24.7 Å². The molecule has 1 N–H and O–H groups in total. The lowest BCUT2D eigenvalue weighted by atomic mass is 10.3. The number of thiophene rings is 1. The first-order chi connectivity index (χ1) is 11.0. The van der Waals surface area contributed by atoms with Crippen molar-refractivity contribution in [1.82, 2.24) is 14.9 Å². The molecule has 2 heterocycles. The summed E-state index contributed by atoms with van der Waals surface area (Å²) in [6, 6.07) is 1.38. The highest BCUT2D eigenvalue weighted by Gasteiger charge is 2.16. The van der Waals surface area contributed by atoms with Gasteiger partial charge in [-0.2, -0.15) is 0 Å². The van der Waals surface area contributed by atoms with Gasteiger partial charge < -0.3 is 15.0 Å². The maximum absolute atomic E-state index is 12.2. The summed E-state index contributed by atoms with van der Waals surface area (Å²) < 4.78 is 4.68. The Balaban J connectivity index is 1.93. The molecule has 2 aromatic rings. The number of rotatable bonds is 5. The average Bonchev–Trinajstić information content (AvgIpc) is 2.93. The third kappa shape index (κ3) is 4.49. The predicted molar refractivity (Wildman–Crippen MR) is 87.8 cm³/mol. The number of carbonyl (C=O) groups is 2. The van der Waals surface area contributed by atoms with Crippen LogP contribution in [-0.2, 0) is 11.2 Å². The van der Waals surface area contributed by atoms with Crippen molar-refractivity contribution in [1.29, 1.82) is 0 Å². The van der Waals surface area contributed by atoms with Crippen molar-refractivity contribution in [3.8, 4) is 0 Å². The largest absolute Gasteiger partial charge is 0.465 e. The number of hydrogen-bond donors (Lipinski definition) is 1.